The van der Waals surface area contributed by atoms with Crippen LogP contribution in [0, 0.1) is 0 Å². The third kappa shape index (κ3) is 4.90. The maximum Gasteiger partial charge on any atom is 0.259 e. The minimum Gasteiger partial charge on any atom is -0.494 e. The third-order valence-corrected chi connectivity index (χ3v) is 7.57. The van der Waals surface area contributed by atoms with Gasteiger partial charge in [0.1, 0.15) is 5.75 Å². The zero-order valence-electron chi connectivity index (χ0n) is 19.1. The molecule has 0 saturated carbocycles. The topological polar surface area (TPSA) is 110 Å². The van der Waals surface area contributed by atoms with Crippen LogP contribution in [0.2, 0.25) is 10.0 Å². The van der Waals surface area contributed by atoms with Crippen LogP contribution >= 0.6 is 23.2 Å². The minimum atomic E-state index is -3.95. The Morgan fingerprint density at radius 3 is 2.72 bits per heavy atom. The van der Waals surface area contributed by atoms with Crippen LogP contribution in [0.1, 0.15) is 24.9 Å². The summed E-state index contributed by atoms with van der Waals surface area (Å²) in [5, 5.41) is 11.3. The third-order valence-electron chi connectivity index (χ3n) is 5.67. The second kappa shape index (κ2) is 10.1. The van der Waals surface area contributed by atoms with Crippen molar-refractivity contribution < 1.29 is 17.7 Å². The molecule has 0 spiro atoms. The van der Waals surface area contributed by atoms with Crippen LogP contribution in [0.5, 0.6) is 5.75 Å². The molecule has 0 aliphatic carbocycles. The van der Waals surface area contributed by atoms with E-state index in [0.717, 1.165) is 11.3 Å². The summed E-state index contributed by atoms with van der Waals surface area (Å²) in [5.74, 6) is 0.764. The number of halogens is 2. The van der Waals surface area contributed by atoms with E-state index in [1.54, 1.807) is 29.3 Å². The summed E-state index contributed by atoms with van der Waals surface area (Å²) < 4.78 is 39.3. The van der Waals surface area contributed by atoms with Gasteiger partial charge in [0, 0.05) is 23.7 Å². The van der Waals surface area contributed by atoms with E-state index >= 15 is 0 Å². The van der Waals surface area contributed by atoms with Crippen molar-refractivity contribution in [3.8, 4) is 5.75 Å². The lowest BCUT2D eigenvalue weighted by Gasteiger charge is -2.25. The molecule has 1 aliphatic rings. The molecule has 186 valence electrons. The van der Waals surface area contributed by atoms with Crippen LogP contribution in [0.15, 0.2) is 75.6 Å². The van der Waals surface area contributed by atoms with Crippen molar-refractivity contribution in [2.75, 3.05) is 18.2 Å². The summed E-state index contributed by atoms with van der Waals surface area (Å²) in [6, 6.07) is 14.2. The summed E-state index contributed by atoms with van der Waals surface area (Å²) in [6.07, 6.45) is 3.16. The Bertz CT molecular complexity index is 1540. The molecule has 1 unspecified atom stereocenters. The highest BCUT2D eigenvalue weighted by atomic mass is 35.5. The number of nitrogens with one attached hydrogen (secondary N) is 1. The van der Waals surface area contributed by atoms with Gasteiger partial charge in [0.2, 0.25) is 0 Å². The fraction of sp³-hybridized carbons (Fsp3) is 0.208. The molecule has 2 aromatic carbocycles. The number of benzene rings is 2. The molecule has 5 rings (SSSR count). The highest BCUT2D eigenvalue weighted by Gasteiger charge is 2.31. The quantitative estimate of drug-likeness (QED) is 0.323. The molecule has 0 bridgehead atoms. The average Bonchev–Trinajstić information content (AvgIpc) is 3.51. The van der Waals surface area contributed by atoms with E-state index in [1.807, 2.05) is 31.2 Å². The molecule has 1 N–H and O–H groups in total. The van der Waals surface area contributed by atoms with Crippen LogP contribution in [-0.4, -0.2) is 37.4 Å². The van der Waals surface area contributed by atoms with E-state index in [2.05, 4.69) is 14.9 Å². The molecule has 0 radical (unpaired) electrons. The molecule has 1 aliphatic heterocycles. The number of ether oxygens (including phenoxy) is 1. The van der Waals surface area contributed by atoms with Crippen LogP contribution in [-0.2, 0) is 10.0 Å². The first-order valence-corrected chi connectivity index (χ1v) is 13.3. The fourth-order valence-corrected chi connectivity index (χ4v) is 5.64. The second-order valence-electron chi connectivity index (χ2n) is 8.01. The summed E-state index contributed by atoms with van der Waals surface area (Å²) >= 11 is 12.6. The standard InChI is InChI=1S/C24H21Cl2N5O4S/c1-2-34-18-6-3-15(4-7-18)22-12-17(30-31(22)21-8-5-16(25)11-20(21)26)13-29-36(32,33)24-19-14-28-35-23(19)9-10-27-24/h3-11,14,22,29H,2,12-13H2,1H3. The first kappa shape index (κ1) is 24.5. The number of hydrogen-bond donors (Lipinski definition) is 1. The number of hydrogen-bond acceptors (Lipinski definition) is 8. The van der Waals surface area contributed by atoms with Gasteiger partial charge in [-0.3, -0.25) is 5.01 Å². The molecule has 0 amide bonds. The Morgan fingerprint density at radius 2 is 1.97 bits per heavy atom. The maximum atomic E-state index is 13.0. The average molecular weight is 546 g/mol. The predicted octanol–water partition coefficient (Wildman–Crippen LogP) is 5.21. The van der Waals surface area contributed by atoms with Gasteiger partial charge in [-0.2, -0.15) is 5.10 Å². The van der Waals surface area contributed by atoms with Crippen molar-refractivity contribution in [1.82, 2.24) is 14.9 Å². The number of hydrazone groups is 1. The van der Waals surface area contributed by atoms with E-state index in [0.29, 0.717) is 45.4 Å². The van der Waals surface area contributed by atoms with Crippen molar-refractivity contribution in [2.45, 2.75) is 24.4 Å². The van der Waals surface area contributed by atoms with E-state index < -0.39 is 10.0 Å². The van der Waals surface area contributed by atoms with Crippen molar-refractivity contribution in [3.05, 3.63) is 76.5 Å². The van der Waals surface area contributed by atoms with Crippen LogP contribution in [0.25, 0.3) is 11.0 Å². The van der Waals surface area contributed by atoms with Crippen LogP contribution in [0.3, 0.4) is 0 Å². The summed E-state index contributed by atoms with van der Waals surface area (Å²) in [4.78, 5) is 4.02. The first-order chi connectivity index (χ1) is 17.4. The maximum absolute atomic E-state index is 13.0. The SMILES string of the molecule is CCOc1ccc(C2CC(CNS(=O)(=O)c3nccc4oncc34)=NN2c2ccc(Cl)cc2Cl)cc1. The zero-order chi connectivity index (χ0) is 25.3. The molecule has 9 nitrogen and oxygen atoms in total. The molecule has 0 fully saturated rings. The van der Waals surface area contributed by atoms with Gasteiger partial charge in [-0.25, -0.2) is 18.1 Å². The number of nitrogens with zero attached hydrogens (tertiary/aromatic N) is 4. The molecular weight excluding hydrogens is 525 g/mol. The predicted molar refractivity (Wildman–Crippen MR) is 138 cm³/mol. The molecule has 1 atom stereocenters. The Balaban J connectivity index is 1.42. The lowest BCUT2D eigenvalue weighted by atomic mass is 10.0. The summed E-state index contributed by atoms with van der Waals surface area (Å²) in [7, 11) is -3.95. The zero-order valence-corrected chi connectivity index (χ0v) is 21.4. The number of aromatic nitrogens is 2. The minimum absolute atomic E-state index is 0.0130. The van der Waals surface area contributed by atoms with Gasteiger partial charge in [0.25, 0.3) is 10.0 Å². The Morgan fingerprint density at radius 1 is 1.17 bits per heavy atom. The Labute approximate surface area is 217 Å². The monoisotopic (exact) mass is 545 g/mol. The van der Waals surface area contributed by atoms with E-state index in [4.69, 9.17) is 37.6 Å². The lowest BCUT2D eigenvalue weighted by molar-refractivity contribution is 0.340. The molecular formula is C24H21Cl2N5O4S. The van der Waals surface area contributed by atoms with Crippen molar-refractivity contribution in [2.24, 2.45) is 5.10 Å². The van der Waals surface area contributed by atoms with Crippen molar-refractivity contribution >= 4 is 55.6 Å². The van der Waals surface area contributed by atoms with Gasteiger partial charge >= 0.3 is 0 Å². The second-order valence-corrected chi connectivity index (χ2v) is 10.5. The number of anilines is 1. The normalized spacial score (nSPS) is 15.9. The molecule has 4 aromatic rings. The van der Waals surface area contributed by atoms with Crippen LogP contribution in [0.4, 0.5) is 5.69 Å². The number of sulfonamides is 1. The molecule has 3 heterocycles. The first-order valence-electron chi connectivity index (χ1n) is 11.1. The van der Waals surface area contributed by atoms with Gasteiger partial charge in [-0.1, -0.05) is 40.5 Å². The summed E-state index contributed by atoms with van der Waals surface area (Å²) in [5.41, 5.74) is 2.60. The van der Waals surface area contributed by atoms with Gasteiger partial charge < -0.3 is 9.26 Å². The molecule has 2 aromatic heterocycles. The largest absolute Gasteiger partial charge is 0.494 e. The van der Waals surface area contributed by atoms with Crippen molar-refractivity contribution in [3.63, 3.8) is 0 Å². The van der Waals surface area contributed by atoms with E-state index in [9.17, 15) is 8.42 Å². The van der Waals surface area contributed by atoms with Gasteiger partial charge in [-0.05, 0) is 42.8 Å². The van der Waals surface area contributed by atoms with Gasteiger partial charge in [-0.15, -0.1) is 0 Å². The number of rotatable bonds is 8. The highest BCUT2D eigenvalue weighted by Crippen LogP contribution is 2.40. The Kier molecular flexibility index (Phi) is 6.85. The van der Waals surface area contributed by atoms with E-state index in [-0.39, 0.29) is 17.6 Å². The fourth-order valence-electron chi connectivity index (χ4n) is 4.01. The molecule has 0 saturated heterocycles. The van der Waals surface area contributed by atoms with Crippen molar-refractivity contribution in [1.29, 1.82) is 0 Å². The van der Waals surface area contributed by atoms with Gasteiger partial charge in [0.15, 0.2) is 10.6 Å². The Hall–Kier alpha value is -3.18. The summed E-state index contributed by atoms with van der Waals surface area (Å²) in [6.45, 7) is 2.48. The van der Waals surface area contributed by atoms with Gasteiger partial charge in [0.05, 0.1) is 47.2 Å². The van der Waals surface area contributed by atoms with Crippen LogP contribution < -0.4 is 14.5 Å². The van der Waals surface area contributed by atoms with E-state index in [1.165, 1.54) is 12.4 Å². The molecule has 36 heavy (non-hydrogen) atoms. The number of pyridine rings is 1. The number of fused-ring (bicyclic) bond motifs is 1. The lowest BCUT2D eigenvalue weighted by Crippen LogP contribution is -2.30. The smallest absolute Gasteiger partial charge is 0.259 e. The molecule has 12 heteroatoms. The highest BCUT2D eigenvalue weighted by molar-refractivity contribution is 7.89.